The second kappa shape index (κ2) is 7.68. The molecular formula is C13H19BrCl2N2O3S. The Balaban J connectivity index is 0.00000242. The molecule has 0 saturated carbocycles. The highest BCUT2D eigenvalue weighted by Crippen LogP contribution is 2.39. The van der Waals surface area contributed by atoms with Gasteiger partial charge in [-0.15, -0.1) is 12.4 Å². The number of methoxy groups -OCH3 is 1. The number of hydrogen-bond acceptors (Lipinski definition) is 4. The van der Waals surface area contributed by atoms with Crippen LogP contribution >= 0.6 is 39.9 Å². The summed E-state index contributed by atoms with van der Waals surface area (Å²) < 4.78 is 33.1. The van der Waals surface area contributed by atoms with Gasteiger partial charge in [-0.2, -0.15) is 4.31 Å². The molecule has 0 spiro atoms. The molecule has 0 radical (unpaired) electrons. The van der Waals surface area contributed by atoms with Crippen LogP contribution in [0.3, 0.4) is 0 Å². The maximum absolute atomic E-state index is 12.9. The third kappa shape index (κ3) is 3.71. The van der Waals surface area contributed by atoms with E-state index in [1.807, 2.05) is 6.92 Å². The first kappa shape index (κ1) is 20.0. The Morgan fingerprint density at radius 1 is 1.50 bits per heavy atom. The second-order valence-electron chi connectivity index (χ2n) is 5.18. The van der Waals surface area contributed by atoms with Crippen molar-refractivity contribution in [1.82, 2.24) is 4.31 Å². The minimum Gasteiger partial charge on any atom is -0.494 e. The fourth-order valence-corrected chi connectivity index (χ4v) is 5.76. The van der Waals surface area contributed by atoms with Gasteiger partial charge in [0, 0.05) is 17.6 Å². The van der Waals surface area contributed by atoms with Gasteiger partial charge in [-0.3, -0.25) is 0 Å². The summed E-state index contributed by atoms with van der Waals surface area (Å²) in [6.45, 7) is 2.79. The van der Waals surface area contributed by atoms with Crippen molar-refractivity contribution in [2.24, 2.45) is 11.7 Å². The lowest BCUT2D eigenvalue weighted by Gasteiger charge is -2.22. The van der Waals surface area contributed by atoms with E-state index in [1.54, 1.807) is 6.07 Å². The normalized spacial score (nSPS) is 22.4. The van der Waals surface area contributed by atoms with Crippen LogP contribution in [0.1, 0.15) is 13.3 Å². The molecule has 1 aliphatic rings. The molecule has 2 N–H and O–H groups in total. The molecule has 1 aliphatic heterocycles. The van der Waals surface area contributed by atoms with Crippen molar-refractivity contribution < 1.29 is 13.2 Å². The van der Waals surface area contributed by atoms with Gasteiger partial charge in [0.15, 0.2) is 5.75 Å². The standard InChI is InChI=1S/C13H18BrClN2O3S.ClH/c1-8-3-9(6-16)7-17(8)21(18,19)12-5-10(15)4-11(14)13(12)20-2;/h4-5,8-9H,3,6-7,16H2,1-2H3;1H. The topological polar surface area (TPSA) is 72.6 Å². The third-order valence-corrected chi connectivity index (χ3v) is 6.50. The van der Waals surface area contributed by atoms with Crippen molar-refractivity contribution >= 4 is 50.0 Å². The Labute approximate surface area is 150 Å². The van der Waals surface area contributed by atoms with Crippen LogP contribution in [0, 0.1) is 5.92 Å². The van der Waals surface area contributed by atoms with Gasteiger partial charge in [-0.1, -0.05) is 11.6 Å². The maximum Gasteiger partial charge on any atom is 0.247 e. The molecule has 0 bridgehead atoms. The SMILES string of the molecule is COc1c(Br)cc(Cl)cc1S(=O)(=O)N1CC(CN)CC1C.Cl. The molecule has 0 aliphatic carbocycles. The summed E-state index contributed by atoms with van der Waals surface area (Å²) in [7, 11) is -2.25. The molecule has 2 unspecified atom stereocenters. The zero-order valence-corrected chi connectivity index (χ0v) is 16.2. The minimum atomic E-state index is -3.68. The van der Waals surface area contributed by atoms with Gasteiger partial charge < -0.3 is 10.5 Å². The summed E-state index contributed by atoms with van der Waals surface area (Å²) in [5, 5.41) is 0.337. The van der Waals surface area contributed by atoms with Gasteiger partial charge in [-0.05, 0) is 53.9 Å². The zero-order chi connectivity index (χ0) is 15.8. The number of ether oxygens (including phenoxy) is 1. The summed E-state index contributed by atoms with van der Waals surface area (Å²) in [5.74, 6) is 0.450. The van der Waals surface area contributed by atoms with E-state index < -0.39 is 10.0 Å². The molecular weight excluding hydrogens is 415 g/mol. The van der Waals surface area contributed by atoms with Crippen molar-refractivity contribution in [3.63, 3.8) is 0 Å². The highest BCUT2D eigenvalue weighted by Gasteiger charge is 2.39. The fraction of sp³-hybridized carbons (Fsp3) is 0.538. The second-order valence-corrected chi connectivity index (χ2v) is 8.33. The van der Waals surface area contributed by atoms with Crippen molar-refractivity contribution in [2.75, 3.05) is 20.2 Å². The molecule has 0 amide bonds. The van der Waals surface area contributed by atoms with Gasteiger partial charge in [0.2, 0.25) is 10.0 Å². The average Bonchev–Trinajstić information content (AvgIpc) is 2.80. The number of halogens is 3. The van der Waals surface area contributed by atoms with E-state index in [4.69, 9.17) is 22.1 Å². The van der Waals surface area contributed by atoms with E-state index in [9.17, 15) is 8.42 Å². The molecule has 1 aromatic rings. The van der Waals surface area contributed by atoms with Crippen LogP contribution in [-0.2, 0) is 10.0 Å². The molecule has 2 atom stereocenters. The van der Waals surface area contributed by atoms with Crippen LogP contribution in [0.5, 0.6) is 5.75 Å². The summed E-state index contributed by atoms with van der Waals surface area (Å²) in [4.78, 5) is 0.0777. The Kier molecular flexibility index (Phi) is 6.98. The van der Waals surface area contributed by atoms with Crippen molar-refractivity contribution in [3.05, 3.63) is 21.6 Å². The van der Waals surface area contributed by atoms with E-state index in [1.165, 1.54) is 17.5 Å². The molecule has 1 saturated heterocycles. The highest BCUT2D eigenvalue weighted by molar-refractivity contribution is 9.10. The van der Waals surface area contributed by atoms with Gasteiger partial charge in [0.25, 0.3) is 0 Å². The van der Waals surface area contributed by atoms with Crippen molar-refractivity contribution in [1.29, 1.82) is 0 Å². The monoisotopic (exact) mass is 432 g/mol. The van der Waals surface area contributed by atoms with Crippen LogP contribution in [0.15, 0.2) is 21.5 Å². The fourth-order valence-electron chi connectivity index (χ4n) is 2.67. The van der Waals surface area contributed by atoms with Crippen LogP contribution in [0.2, 0.25) is 5.02 Å². The Bertz CT molecular complexity index is 642. The maximum atomic E-state index is 12.9. The zero-order valence-electron chi connectivity index (χ0n) is 12.3. The van der Waals surface area contributed by atoms with Gasteiger partial charge >= 0.3 is 0 Å². The van der Waals surface area contributed by atoms with Gasteiger partial charge in [0.1, 0.15) is 4.90 Å². The molecule has 5 nitrogen and oxygen atoms in total. The summed E-state index contributed by atoms with van der Waals surface area (Å²) in [5.41, 5.74) is 5.67. The molecule has 1 aromatic carbocycles. The van der Waals surface area contributed by atoms with E-state index in [2.05, 4.69) is 15.9 Å². The first-order valence-corrected chi connectivity index (χ1v) is 9.17. The number of nitrogens with two attached hydrogens (primary N) is 1. The highest BCUT2D eigenvalue weighted by atomic mass is 79.9. The molecule has 1 heterocycles. The van der Waals surface area contributed by atoms with Crippen LogP contribution in [-0.4, -0.2) is 39.0 Å². The lowest BCUT2D eigenvalue weighted by atomic mass is 10.1. The van der Waals surface area contributed by atoms with Crippen molar-refractivity contribution in [3.8, 4) is 5.75 Å². The number of nitrogens with zero attached hydrogens (tertiary/aromatic N) is 1. The Morgan fingerprint density at radius 3 is 2.64 bits per heavy atom. The minimum absolute atomic E-state index is 0. The first-order chi connectivity index (χ1) is 9.81. The lowest BCUT2D eigenvalue weighted by molar-refractivity contribution is 0.383. The quantitative estimate of drug-likeness (QED) is 0.792. The lowest BCUT2D eigenvalue weighted by Crippen LogP contribution is -2.34. The van der Waals surface area contributed by atoms with E-state index in [0.717, 1.165) is 6.42 Å². The summed E-state index contributed by atoms with van der Waals surface area (Å²) in [6.07, 6.45) is 0.764. The van der Waals surface area contributed by atoms with E-state index >= 15 is 0 Å². The van der Waals surface area contributed by atoms with Crippen LogP contribution in [0.4, 0.5) is 0 Å². The van der Waals surface area contributed by atoms with Crippen molar-refractivity contribution in [2.45, 2.75) is 24.3 Å². The number of sulfonamides is 1. The molecule has 1 fully saturated rings. The van der Waals surface area contributed by atoms with Crippen LogP contribution in [0.25, 0.3) is 0 Å². The molecule has 9 heteroatoms. The summed E-state index contributed by atoms with van der Waals surface area (Å²) in [6, 6.07) is 2.93. The third-order valence-electron chi connectivity index (χ3n) is 3.70. The van der Waals surface area contributed by atoms with Gasteiger partial charge in [-0.25, -0.2) is 8.42 Å². The number of hydrogen-bond donors (Lipinski definition) is 1. The number of rotatable bonds is 4. The summed E-state index contributed by atoms with van der Waals surface area (Å²) >= 11 is 9.28. The average molecular weight is 434 g/mol. The van der Waals surface area contributed by atoms with Gasteiger partial charge in [0.05, 0.1) is 11.6 Å². The molecule has 2 rings (SSSR count). The smallest absolute Gasteiger partial charge is 0.247 e. The number of benzene rings is 1. The van der Waals surface area contributed by atoms with Crippen LogP contribution < -0.4 is 10.5 Å². The predicted molar refractivity (Wildman–Crippen MR) is 93.5 cm³/mol. The molecule has 126 valence electrons. The Hall–Kier alpha value is -0.0500. The molecule has 0 aromatic heterocycles. The molecule has 22 heavy (non-hydrogen) atoms. The Morgan fingerprint density at radius 2 is 2.14 bits per heavy atom. The largest absolute Gasteiger partial charge is 0.494 e. The predicted octanol–water partition coefficient (Wildman–Crippen LogP) is 2.89. The first-order valence-electron chi connectivity index (χ1n) is 6.56. The van der Waals surface area contributed by atoms with E-state index in [-0.39, 0.29) is 35.0 Å². The van der Waals surface area contributed by atoms with E-state index in [0.29, 0.717) is 22.6 Å².